The molecule has 1 atom stereocenters. The van der Waals surface area contributed by atoms with Crippen LogP contribution in [-0.4, -0.2) is 43.6 Å². The topological polar surface area (TPSA) is 84.7 Å². The summed E-state index contributed by atoms with van der Waals surface area (Å²) in [4.78, 5) is 24.0. The number of nitrogens with one attached hydrogen (secondary N) is 1. The van der Waals surface area contributed by atoms with Crippen molar-refractivity contribution < 1.29 is 14.3 Å². The van der Waals surface area contributed by atoms with Gasteiger partial charge in [-0.3, -0.25) is 4.79 Å². The number of nitrogens with zero attached hydrogens (tertiary/aromatic N) is 1. The van der Waals surface area contributed by atoms with Crippen LogP contribution in [0.1, 0.15) is 89.8 Å². The molecule has 6 heteroatoms. The van der Waals surface area contributed by atoms with E-state index in [1.807, 2.05) is 66.0 Å². The molecule has 1 aliphatic rings. The highest BCUT2D eigenvalue weighted by atomic mass is 16.5. The van der Waals surface area contributed by atoms with Gasteiger partial charge in [-0.2, -0.15) is 0 Å². The third kappa shape index (κ3) is 15.3. The molecule has 2 rings (SSSR count). The van der Waals surface area contributed by atoms with Crippen molar-refractivity contribution in [2.45, 2.75) is 87.0 Å². The second-order valence-electron chi connectivity index (χ2n) is 8.83. The zero-order chi connectivity index (χ0) is 29.5. The lowest BCUT2D eigenvalue weighted by Crippen LogP contribution is -2.41. The highest BCUT2D eigenvalue weighted by Gasteiger charge is 2.23. The average molecular weight is 530 g/mol. The van der Waals surface area contributed by atoms with Gasteiger partial charge in [0.05, 0.1) is 13.5 Å². The Morgan fingerprint density at radius 2 is 1.79 bits per heavy atom. The fourth-order valence-electron chi connectivity index (χ4n) is 4.02. The van der Waals surface area contributed by atoms with Crippen LogP contribution in [0.15, 0.2) is 54.8 Å². The summed E-state index contributed by atoms with van der Waals surface area (Å²) in [7, 11) is 1.41. The number of hydrogen-bond acceptors (Lipinski definition) is 4. The van der Waals surface area contributed by atoms with Crippen molar-refractivity contribution in [3.8, 4) is 0 Å². The number of nitrogens with two attached hydrogens (primary N) is 1. The number of likely N-dealkylation sites (tertiary alicyclic amines) is 1. The van der Waals surface area contributed by atoms with E-state index in [4.69, 9.17) is 5.73 Å². The first kappa shape index (κ1) is 37.1. The number of carbonyl (C=O) groups excluding carboxylic acids is 2. The zero-order valence-electron chi connectivity index (χ0n) is 25.6. The SMILES string of the molecule is C=CC/C(=C\NC/C=C\C)C(C)CC(=O)OC.CC.CC.Cc1ccc(C)c(C2CCN(C(N)=O)CC2)c1. The molecule has 0 spiro atoms. The minimum absolute atomic E-state index is 0.165. The van der Waals surface area contributed by atoms with E-state index in [2.05, 4.69) is 48.7 Å². The van der Waals surface area contributed by atoms with E-state index in [1.165, 1.54) is 23.8 Å². The lowest BCUT2D eigenvalue weighted by molar-refractivity contribution is -0.141. The van der Waals surface area contributed by atoms with Gasteiger partial charge in [0.25, 0.3) is 0 Å². The quantitative estimate of drug-likeness (QED) is 0.198. The van der Waals surface area contributed by atoms with E-state index in [9.17, 15) is 9.59 Å². The lowest BCUT2D eigenvalue weighted by atomic mass is 9.86. The van der Waals surface area contributed by atoms with Crippen LogP contribution in [0.3, 0.4) is 0 Å². The molecule has 0 bridgehead atoms. The maximum Gasteiger partial charge on any atom is 0.314 e. The van der Waals surface area contributed by atoms with E-state index in [0.29, 0.717) is 12.3 Å². The number of rotatable bonds is 9. The van der Waals surface area contributed by atoms with Crippen LogP contribution in [0.2, 0.25) is 0 Å². The summed E-state index contributed by atoms with van der Waals surface area (Å²) in [6, 6.07) is 6.33. The number of piperidine rings is 1. The maximum absolute atomic E-state index is 11.2. The van der Waals surface area contributed by atoms with E-state index >= 15 is 0 Å². The Morgan fingerprint density at radius 3 is 2.29 bits per heavy atom. The van der Waals surface area contributed by atoms with Crippen molar-refractivity contribution in [1.82, 2.24) is 10.2 Å². The number of urea groups is 1. The van der Waals surface area contributed by atoms with Gasteiger partial charge in [0, 0.05) is 19.6 Å². The Bertz CT molecular complexity index is 854. The largest absolute Gasteiger partial charge is 0.469 e. The third-order valence-electron chi connectivity index (χ3n) is 6.15. The number of aryl methyl sites for hydroxylation is 2. The van der Waals surface area contributed by atoms with Crippen molar-refractivity contribution in [3.63, 3.8) is 0 Å². The molecule has 216 valence electrons. The van der Waals surface area contributed by atoms with Crippen molar-refractivity contribution in [2.75, 3.05) is 26.7 Å². The first-order chi connectivity index (χ1) is 18.2. The molecule has 1 fully saturated rings. The number of carbonyl (C=O) groups is 2. The summed E-state index contributed by atoms with van der Waals surface area (Å²) in [5.74, 6) is 0.560. The maximum atomic E-state index is 11.2. The molecule has 1 unspecified atom stereocenters. The molecular formula is C32H55N3O3. The van der Waals surface area contributed by atoms with Gasteiger partial charge in [-0.15, -0.1) is 6.58 Å². The zero-order valence-corrected chi connectivity index (χ0v) is 25.6. The number of methoxy groups -OCH3 is 1. The second-order valence-corrected chi connectivity index (χ2v) is 8.83. The fourth-order valence-corrected chi connectivity index (χ4v) is 4.02. The molecule has 1 saturated heterocycles. The van der Waals surface area contributed by atoms with Crippen molar-refractivity contribution in [1.29, 1.82) is 0 Å². The highest BCUT2D eigenvalue weighted by molar-refractivity contribution is 5.72. The fraction of sp³-hybridized carbons (Fsp3) is 0.562. The summed E-state index contributed by atoms with van der Waals surface area (Å²) < 4.78 is 4.67. The van der Waals surface area contributed by atoms with Gasteiger partial charge >= 0.3 is 12.0 Å². The smallest absolute Gasteiger partial charge is 0.314 e. The lowest BCUT2D eigenvalue weighted by Gasteiger charge is -2.31. The molecule has 6 nitrogen and oxygen atoms in total. The minimum atomic E-state index is -0.288. The van der Waals surface area contributed by atoms with Gasteiger partial charge < -0.3 is 20.7 Å². The van der Waals surface area contributed by atoms with E-state index in [1.54, 1.807) is 4.90 Å². The van der Waals surface area contributed by atoms with Gasteiger partial charge in [-0.25, -0.2) is 4.79 Å². The Labute approximate surface area is 233 Å². The molecule has 1 aliphatic heterocycles. The molecule has 1 aromatic rings. The van der Waals surface area contributed by atoms with Crippen LogP contribution < -0.4 is 11.1 Å². The molecule has 0 aliphatic carbocycles. The molecule has 0 aromatic heterocycles. The minimum Gasteiger partial charge on any atom is -0.469 e. The number of ether oxygens (including phenoxy) is 1. The van der Waals surface area contributed by atoms with Crippen molar-refractivity contribution in [3.05, 3.63) is 71.5 Å². The van der Waals surface area contributed by atoms with Crippen LogP contribution in [0, 0.1) is 19.8 Å². The number of amides is 2. The number of hydrogen-bond donors (Lipinski definition) is 2. The molecule has 0 radical (unpaired) electrons. The molecule has 1 heterocycles. The molecular weight excluding hydrogens is 474 g/mol. The van der Waals surface area contributed by atoms with Crippen molar-refractivity contribution >= 4 is 12.0 Å². The summed E-state index contributed by atoms with van der Waals surface area (Å²) in [6.07, 6.45) is 11.1. The summed E-state index contributed by atoms with van der Waals surface area (Å²) in [5.41, 5.74) is 10.6. The number of esters is 1. The van der Waals surface area contributed by atoms with Gasteiger partial charge in [0.15, 0.2) is 0 Å². The average Bonchev–Trinajstić information content (AvgIpc) is 2.94. The molecule has 2 amide bonds. The van der Waals surface area contributed by atoms with Gasteiger partial charge in [0.2, 0.25) is 0 Å². The van der Waals surface area contributed by atoms with Crippen LogP contribution >= 0.6 is 0 Å². The standard InChI is InChI=1S/C14H20N2O.C14H23NO2.2C2H6/c1-10-3-4-11(2)13(9-10)12-5-7-16(8-6-12)14(15)17;1-5-7-9-15-11-13(8-6-2)12(3)10-14(16)17-4;2*1-2/h3-4,9,12H,5-8H2,1-2H3,(H2,15,17);5-7,11-12,15H,2,8-10H2,1,3-4H3;2*1-2H3/b;7-5-,13-11+;;. The summed E-state index contributed by atoms with van der Waals surface area (Å²) in [5, 5.41) is 3.19. The van der Waals surface area contributed by atoms with E-state index in [-0.39, 0.29) is 17.9 Å². The molecule has 0 saturated carbocycles. The normalized spacial score (nSPS) is 14.0. The number of primary amides is 1. The van der Waals surface area contributed by atoms with E-state index < -0.39 is 0 Å². The molecule has 3 N–H and O–H groups in total. The Hall–Kier alpha value is -3.02. The third-order valence-corrected chi connectivity index (χ3v) is 6.15. The monoisotopic (exact) mass is 529 g/mol. The number of benzene rings is 1. The van der Waals surface area contributed by atoms with E-state index in [0.717, 1.165) is 44.5 Å². The Balaban J connectivity index is 0. The summed E-state index contributed by atoms with van der Waals surface area (Å²) >= 11 is 0. The van der Waals surface area contributed by atoms with Crippen LogP contribution in [-0.2, 0) is 9.53 Å². The van der Waals surface area contributed by atoms with Gasteiger partial charge in [-0.1, -0.05) is 76.6 Å². The van der Waals surface area contributed by atoms with Crippen LogP contribution in [0.4, 0.5) is 4.79 Å². The highest BCUT2D eigenvalue weighted by Crippen LogP contribution is 2.30. The molecule has 1 aromatic carbocycles. The summed E-state index contributed by atoms with van der Waals surface area (Å²) in [6.45, 7) is 22.4. The second kappa shape index (κ2) is 23.1. The van der Waals surface area contributed by atoms with Crippen LogP contribution in [0.5, 0.6) is 0 Å². The predicted octanol–water partition coefficient (Wildman–Crippen LogP) is 7.43. The Kier molecular flexibility index (Phi) is 22.6. The number of allylic oxidation sites excluding steroid dienone is 3. The Morgan fingerprint density at radius 1 is 1.18 bits per heavy atom. The predicted molar refractivity (Wildman–Crippen MR) is 163 cm³/mol. The molecule has 38 heavy (non-hydrogen) atoms. The van der Waals surface area contributed by atoms with Crippen LogP contribution in [0.25, 0.3) is 0 Å². The van der Waals surface area contributed by atoms with Gasteiger partial charge in [0.1, 0.15) is 0 Å². The first-order valence-corrected chi connectivity index (χ1v) is 14.1. The van der Waals surface area contributed by atoms with Crippen molar-refractivity contribution in [2.24, 2.45) is 11.7 Å². The van der Waals surface area contributed by atoms with Gasteiger partial charge in [-0.05, 0) is 74.8 Å². The first-order valence-electron chi connectivity index (χ1n) is 14.1.